The molecule has 3 aromatic heterocycles. The third kappa shape index (κ3) is 3.69. The van der Waals surface area contributed by atoms with Gasteiger partial charge < -0.3 is 9.15 Å². The van der Waals surface area contributed by atoms with Gasteiger partial charge in [0.05, 0.1) is 16.4 Å². The number of aromatic nitrogens is 2. The first-order chi connectivity index (χ1) is 18.4. The van der Waals surface area contributed by atoms with Crippen LogP contribution < -0.4 is 4.74 Å². The molecule has 0 radical (unpaired) electrons. The number of hydrogen-bond donors (Lipinski definition) is 0. The van der Waals surface area contributed by atoms with Crippen molar-refractivity contribution >= 4 is 59.7 Å². The number of nitrogens with zero attached hydrogens (tertiary/aromatic N) is 2. The minimum Gasteiger partial charge on any atom is -0.457 e. The lowest BCUT2D eigenvalue weighted by atomic mass is 9.88. The standard InChI is InChI=1S/C33H25BrN2O2/c1-33(2,3)20-15-16-35-30(17-20)36-27-19-23(37-22-8-6-7-21(34)18-22)11-12-24(27)25-13-14-29-31(32(25)36)26-9-4-5-10-28(26)38-29/h4-19H,1-3H3. The second-order valence-corrected chi connectivity index (χ2v) is 11.6. The van der Waals surface area contributed by atoms with Crippen molar-refractivity contribution in [3.8, 4) is 17.3 Å². The third-order valence-corrected chi connectivity index (χ3v) is 7.61. The molecule has 186 valence electrons. The molecule has 0 atom stereocenters. The zero-order valence-corrected chi connectivity index (χ0v) is 22.9. The number of para-hydroxylation sites is 1. The normalized spacial score (nSPS) is 12.2. The molecular weight excluding hydrogens is 536 g/mol. The molecule has 0 N–H and O–H groups in total. The number of hydrogen-bond acceptors (Lipinski definition) is 3. The van der Waals surface area contributed by atoms with Gasteiger partial charge in [-0.15, -0.1) is 0 Å². The zero-order chi connectivity index (χ0) is 26.0. The molecule has 4 nitrogen and oxygen atoms in total. The van der Waals surface area contributed by atoms with Crippen LogP contribution in [0.3, 0.4) is 0 Å². The van der Waals surface area contributed by atoms with Gasteiger partial charge in [0.2, 0.25) is 0 Å². The maximum atomic E-state index is 6.29. The Kier molecular flexibility index (Phi) is 5.14. The van der Waals surface area contributed by atoms with Crippen molar-refractivity contribution in [3.05, 3.63) is 107 Å². The first-order valence-electron chi connectivity index (χ1n) is 12.7. The van der Waals surface area contributed by atoms with E-state index in [0.717, 1.165) is 65.5 Å². The van der Waals surface area contributed by atoms with Crippen LogP contribution in [0.2, 0.25) is 0 Å². The second kappa shape index (κ2) is 8.47. The van der Waals surface area contributed by atoms with Crippen LogP contribution in [0.25, 0.3) is 49.6 Å². The van der Waals surface area contributed by atoms with Crippen molar-refractivity contribution in [1.29, 1.82) is 0 Å². The number of rotatable bonds is 3. The fourth-order valence-corrected chi connectivity index (χ4v) is 5.65. The summed E-state index contributed by atoms with van der Waals surface area (Å²) < 4.78 is 15.8. The zero-order valence-electron chi connectivity index (χ0n) is 21.3. The highest BCUT2D eigenvalue weighted by Crippen LogP contribution is 2.42. The van der Waals surface area contributed by atoms with Gasteiger partial charge in [0.1, 0.15) is 28.5 Å². The van der Waals surface area contributed by atoms with Gasteiger partial charge in [-0.2, -0.15) is 0 Å². The van der Waals surface area contributed by atoms with Gasteiger partial charge >= 0.3 is 0 Å². The van der Waals surface area contributed by atoms with Crippen LogP contribution in [0.15, 0.2) is 106 Å². The summed E-state index contributed by atoms with van der Waals surface area (Å²) in [5.41, 5.74) is 5.07. The molecule has 3 heterocycles. The molecule has 5 heteroatoms. The van der Waals surface area contributed by atoms with Gasteiger partial charge in [-0.05, 0) is 71.6 Å². The fraction of sp³-hybridized carbons (Fsp3) is 0.121. The maximum Gasteiger partial charge on any atom is 0.137 e. The molecular formula is C33H25BrN2O2. The minimum atomic E-state index is -0.0108. The first kappa shape index (κ1) is 23.1. The van der Waals surface area contributed by atoms with Crippen LogP contribution in [0.5, 0.6) is 11.5 Å². The van der Waals surface area contributed by atoms with E-state index < -0.39 is 0 Å². The lowest BCUT2D eigenvalue weighted by Crippen LogP contribution is -2.12. The molecule has 0 saturated carbocycles. The van der Waals surface area contributed by atoms with Gasteiger partial charge in [0, 0.05) is 32.9 Å². The molecule has 7 rings (SSSR count). The molecule has 0 fully saturated rings. The van der Waals surface area contributed by atoms with Crippen molar-refractivity contribution in [2.24, 2.45) is 0 Å². The lowest BCUT2D eigenvalue weighted by Gasteiger charge is -2.20. The van der Waals surface area contributed by atoms with Crippen molar-refractivity contribution in [1.82, 2.24) is 9.55 Å². The Morgan fingerprint density at radius 1 is 0.763 bits per heavy atom. The Balaban J connectivity index is 1.58. The SMILES string of the molecule is CC(C)(C)c1ccnc(-n2c3cc(Oc4cccc(Br)c4)ccc3c3ccc4oc5ccccc5c4c32)c1. The smallest absolute Gasteiger partial charge is 0.137 e. The number of pyridine rings is 1. The summed E-state index contributed by atoms with van der Waals surface area (Å²) in [5, 5.41) is 4.47. The van der Waals surface area contributed by atoms with E-state index in [4.69, 9.17) is 14.1 Å². The van der Waals surface area contributed by atoms with Gasteiger partial charge in [-0.3, -0.25) is 4.57 Å². The lowest BCUT2D eigenvalue weighted by molar-refractivity contribution is 0.483. The summed E-state index contributed by atoms with van der Waals surface area (Å²) in [5.74, 6) is 2.41. The summed E-state index contributed by atoms with van der Waals surface area (Å²) >= 11 is 3.54. The Morgan fingerprint density at radius 3 is 2.42 bits per heavy atom. The number of benzene rings is 4. The van der Waals surface area contributed by atoms with Crippen LogP contribution in [0.1, 0.15) is 26.3 Å². The quantitative estimate of drug-likeness (QED) is 0.216. The number of halogens is 1. The van der Waals surface area contributed by atoms with Crippen LogP contribution in [0, 0.1) is 0 Å². The molecule has 4 aromatic carbocycles. The van der Waals surface area contributed by atoms with Crippen molar-refractivity contribution in [3.63, 3.8) is 0 Å². The molecule has 38 heavy (non-hydrogen) atoms. The molecule has 0 spiro atoms. The Bertz CT molecular complexity index is 2010. The van der Waals surface area contributed by atoms with Gasteiger partial charge in [0.15, 0.2) is 0 Å². The van der Waals surface area contributed by atoms with E-state index in [-0.39, 0.29) is 5.41 Å². The molecule has 0 amide bonds. The van der Waals surface area contributed by atoms with E-state index in [1.54, 1.807) is 0 Å². The van der Waals surface area contributed by atoms with E-state index in [2.05, 4.69) is 89.8 Å². The van der Waals surface area contributed by atoms with E-state index in [1.807, 2.05) is 48.7 Å². The summed E-state index contributed by atoms with van der Waals surface area (Å²) in [7, 11) is 0. The highest BCUT2D eigenvalue weighted by atomic mass is 79.9. The average Bonchev–Trinajstić information content (AvgIpc) is 3.43. The average molecular weight is 561 g/mol. The second-order valence-electron chi connectivity index (χ2n) is 10.7. The van der Waals surface area contributed by atoms with Crippen molar-refractivity contribution < 1.29 is 9.15 Å². The third-order valence-electron chi connectivity index (χ3n) is 7.11. The Morgan fingerprint density at radius 2 is 1.58 bits per heavy atom. The van der Waals surface area contributed by atoms with Crippen molar-refractivity contribution in [2.45, 2.75) is 26.2 Å². The van der Waals surface area contributed by atoms with Gasteiger partial charge in [-0.25, -0.2) is 4.98 Å². The monoisotopic (exact) mass is 560 g/mol. The molecule has 0 aliphatic heterocycles. The van der Waals surface area contributed by atoms with Crippen LogP contribution in [0.4, 0.5) is 0 Å². The maximum absolute atomic E-state index is 6.29. The molecule has 7 aromatic rings. The molecule has 0 bridgehead atoms. The molecule has 0 saturated heterocycles. The molecule has 0 unspecified atom stereocenters. The minimum absolute atomic E-state index is 0.0108. The van der Waals surface area contributed by atoms with Crippen molar-refractivity contribution in [2.75, 3.05) is 0 Å². The summed E-state index contributed by atoms with van der Waals surface area (Å²) in [6, 6.07) is 30.9. The predicted octanol–water partition coefficient (Wildman–Crippen LogP) is 9.93. The van der Waals surface area contributed by atoms with E-state index >= 15 is 0 Å². The highest BCUT2D eigenvalue weighted by Gasteiger charge is 2.21. The Hall–Kier alpha value is -4.09. The summed E-state index contributed by atoms with van der Waals surface area (Å²) in [6.45, 7) is 6.68. The van der Waals surface area contributed by atoms with Crippen LogP contribution in [-0.2, 0) is 5.41 Å². The van der Waals surface area contributed by atoms with E-state index in [9.17, 15) is 0 Å². The van der Waals surface area contributed by atoms with Crippen LogP contribution >= 0.6 is 15.9 Å². The van der Waals surface area contributed by atoms with Crippen LogP contribution in [-0.4, -0.2) is 9.55 Å². The highest BCUT2D eigenvalue weighted by molar-refractivity contribution is 9.10. The number of ether oxygens (including phenoxy) is 1. The predicted molar refractivity (Wildman–Crippen MR) is 159 cm³/mol. The summed E-state index contributed by atoms with van der Waals surface area (Å²) in [6.07, 6.45) is 1.91. The number of fused-ring (bicyclic) bond motifs is 7. The van der Waals surface area contributed by atoms with E-state index in [0.29, 0.717) is 0 Å². The molecule has 0 aliphatic carbocycles. The largest absolute Gasteiger partial charge is 0.457 e. The topological polar surface area (TPSA) is 40.2 Å². The first-order valence-corrected chi connectivity index (χ1v) is 13.4. The number of furan rings is 1. The molecule has 0 aliphatic rings. The fourth-order valence-electron chi connectivity index (χ4n) is 5.27. The van der Waals surface area contributed by atoms with Gasteiger partial charge in [0.25, 0.3) is 0 Å². The summed E-state index contributed by atoms with van der Waals surface area (Å²) in [4.78, 5) is 4.88. The Labute approximate surface area is 228 Å². The van der Waals surface area contributed by atoms with Gasteiger partial charge in [-0.1, -0.05) is 61.0 Å². The van der Waals surface area contributed by atoms with E-state index in [1.165, 1.54) is 5.56 Å².